The molecule has 0 aliphatic rings. The molecular weight excluding hydrogens is 181 g/mol. The molecule has 0 aromatic heterocycles. The van der Waals surface area contributed by atoms with Gasteiger partial charge in [-0.1, -0.05) is 0 Å². The summed E-state index contributed by atoms with van der Waals surface area (Å²) in [6, 6.07) is 0.448. The van der Waals surface area contributed by atoms with Crippen molar-refractivity contribution in [1.29, 1.82) is 0 Å². The highest BCUT2D eigenvalue weighted by Crippen LogP contribution is 2.08. The molecule has 0 radical (unpaired) electrons. The van der Waals surface area contributed by atoms with E-state index in [1.165, 1.54) is 11.5 Å². The van der Waals surface area contributed by atoms with Gasteiger partial charge in [-0.05, 0) is 22.2 Å². The largest absolute Gasteiger partial charge is 0.268 e. The van der Waals surface area contributed by atoms with Crippen LogP contribution in [0.4, 0.5) is 0 Å². The van der Waals surface area contributed by atoms with E-state index in [1.807, 2.05) is 23.5 Å². The first-order valence-corrected chi connectivity index (χ1v) is 6.24. The van der Waals surface area contributed by atoms with Crippen molar-refractivity contribution in [2.75, 3.05) is 23.5 Å². The van der Waals surface area contributed by atoms with Crippen LogP contribution < -0.4 is 0 Å². The minimum atomic E-state index is 0.448. The lowest BCUT2D eigenvalue weighted by Gasteiger charge is -2.02. The smallest absolute Gasteiger partial charge is 0.0602 e. The molecule has 0 amide bonds. The summed E-state index contributed by atoms with van der Waals surface area (Å²) in [4.78, 5) is 0. The first-order valence-electron chi connectivity index (χ1n) is 3.24. The first kappa shape index (κ1) is 10.8. The average Bonchev–Trinajstić information content (AvgIpc) is 1.98. The summed E-state index contributed by atoms with van der Waals surface area (Å²) in [5, 5.41) is 0. The molecule has 0 aromatic carbocycles. The molecule has 0 saturated heterocycles. The minimum Gasteiger partial charge on any atom is -0.268 e. The molecule has 1 nitrogen and oxygen atoms in total. The maximum Gasteiger partial charge on any atom is 0.0602 e. The molecule has 0 N–H and O–H groups in total. The summed E-state index contributed by atoms with van der Waals surface area (Å²) < 4.78 is 3.96. The fraction of sp³-hybridized carbons (Fsp3) is 1.00. The Morgan fingerprint density at radius 2 is 2.20 bits per heavy atom. The number of hydrogen-bond acceptors (Lipinski definition) is 3. The quantitative estimate of drug-likeness (QED) is 0.477. The van der Waals surface area contributed by atoms with Crippen molar-refractivity contribution in [2.45, 2.75) is 13.0 Å². The standard InChI is InChI=1S/C6H14NPS2/c1-6(7-8)5-10-4-3-9-2/h6,8H,3-5H2,1-2H3. The third-order valence-corrected chi connectivity index (χ3v) is 3.53. The Morgan fingerprint density at radius 3 is 2.70 bits per heavy atom. The van der Waals surface area contributed by atoms with Gasteiger partial charge in [0.2, 0.25) is 0 Å². The second-order valence-corrected chi connectivity index (χ2v) is 4.44. The second kappa shape index (κ2) is 7.90. The van der Waals surface area contributed by atoms with Crippen molar-refractivity contribution in [1.82, 2.24) is 0 Å². The molecule has 10 heavy (non-hydrogen) atoms. The predicted molar refractivity (Wildman–Crippen MR) is 55.9 cm³/mol. The van der Waals surface area contributed by atoms with Crippen molar-refractivity contribution in [3.63, 3.8) is 0 Å². The molecule has 1 unspecified atom stereocenters. The van der Waals surface area contributed by atoms with Gasteiger partial charge >= 0.3 is 0 Å². The summed E-state index contributed by atoms with van der Waals surface area (Å²) in [7, 11) is 3.13. The van der Waals surface area contributed by atoms with E-state index in [9.17, 15) is 0 Å². The van der Waals surface area contributed by atoms with E-state index in [-0.39, 0.29) is 0 Å². The van der Waals surface area contributed by atoms with Gasteiger partial charge in [0, 0.05) is 17.3 Å². The van der Waals surface area contributed by atoms with Crippen LogP contribution in [0.25, 0.3) is 0 Å². The van der Waals surface area contributed by atoms with E-state index in [0.29, 0.717) is 6.04 Å². The highest BCUT2D eigenvalue weighted by atomic mass is 32.2. The SMILES string of the molecule is CSCCSCC(C)N=P. The molecule has 0 saturated carbocycles. The van der Waals surface area contributed by atoms with E-state index in [2.05, 4.69) is 27.0 Å². The van der Waals surface area contributed by atoms with E-state index < -0.39 is 0 Å². The van der Waals surface area contributed by atoms with Gasteiger partial charge in [0.05, 0.1) is 6.04 Å². The normalized spacial score (nSPS) is 13.0. The number of hydrogen-bond donors (Lipinski definition) is 0. The molecular formula is C6H14NPS2. The fourth-order valence-corrected chi connectivity index (χ4v) is 2.38. The van der Waals surface area contributed by atoms with Crippen LogP contribution in [-0.2, 0) is 0 Å². The second-order valence-electron chi connectivity index (χ2n) is 2.05. The number of nitrogens with zero attached hydrogens (tertiary/aromatic N) is 1. The summed E-state index contributed by atoms with van der Waals surface area (Å²) in [6.07, 6.45) is 2.14. The minimum absolute atomic E-state index is 0.448. The Bertz CT molecular complexity index is 89.8. The summed E-state index contributed by atoms with van der Waals surface area (Å²) in [5.41, 5.74) is 0. The molecule has 0 fully saturated rings. The Hall–Kier alpha value is 0.800. The van der Waals surface area contributed by atoms with Gasteiger partial charge in [-0.2, -0.15) is 23.5 Å². The lowest BCUT2D eigenvalue weighted by atomic mass is 10.4. The Kier molecular flexibility index (Phi) is 8.53. The van der Waals surface area contributed by atoms with Crippen molar-refractivity contribution >= 4 is 32.6 Å². The van der Waals surface area contributed by atoms with Crippen LogP contribution in [0.5, 0.6) is 0 Å². The monoisotopic (exact) mass is 195 g/mol. The maximum absolute atomic E-state index is 3.96. The Labute approximate surface area is 74.0 Å². The molecule has 0 rings (SSSR count). The van der Waals surface area contributed by atoms with Crippen LogP contribution >= 0.6 is 32.6 Å². The Morgan fingerprint density at radius 1 is 1.50 bits per heavy atom. The van der Waals surface area contributed by atoms with Gasteiger partial charge in [-0.3, -0.25) is 4.74 Å². The molecule has 0 aliphatic carbocycles. The van der Waals surface area contributed by atoms with Crippen LogP contribution in [0.15, 0.2) is 4.74 Å². The van der Waals surface area contributed by atoms with Crippen molar-refractivity contribution in [2.24, 2.45) is 4.74 Å². The fourth-order valence-electron chi connectivity index (χ4n) is 0.433. The first-order chi connectivity index (χ1) is 4.81. The van der Waals surface area contributed by atoms with Gasteiger partial charge in [-0.25, -0.2) is 0 Å². The molecule has 1 atom stereocenters. The van der Waals surface area contributed by atoms with Gasteiger partial charge in [0.15, 0.2) is 0 Å². The van der Waals surface area contributed by atoms with E-state index in [1.54, 1.807) is 0 Å². The van der Waals surface area contributed by atoms with Gasteiger partial charge in [0.1, 0.15) is 0 Å². The topological polar surface area (TPSA) is 12.4 Å². The zero-order valence-electron chi connectivity index (χ0n) is 6.46. The highest BCUT2D eigenvalue weighted by molar-refractivity contribution is 8.02. The summed E-state index contributed by atoms with van der Waals surface area (Å²) in [6.45, 7) is 2.11. The van der Waals surface area contributed by atoms with Crippen molar-refractivity contribution < 1.29 is 0 Å². The summed E-state index contributed by atoms with van der Waals surface area (Å²) >= 11 is 3.86. The Balaban J connectivity index is 2.95. The van der Waals surface area contributed by atoms with E-state index in [4.69, 9.17) is 0 Å². The van der Waals surface area contributed by atoms with E-state index in [0.717, 1.165) is 5.75 Å². The average molecular weight is 195 g/mol. The highest BCUT2D eigenvalue weighted by Gasteiger charge is 1.95. The zero-order valence-corrected chi connectivity index (χ0v) is 9.10. The van der Waals surface area contributed by atoms with Crippen molar-refractivity contribution in [3.05, 3.63) is 0 Å². The zero-order chi connectivity index (χ0) is 7.82. The van der Waals surface area contributed by atoms with E-state index >= 15 is 0 Å². The summed E-state index contributed by atoms with van der Waals surface area (Å²) in [5.74, 6) is 3.62. The van der Waals surface area contributed by atoms with Crippen LogP contribution in [0.1, 0.15) is 6.92 Å². The van der Waals surface area contributed by atoms with Crippen LogP contribution in [0.3, 0.4) is 0 Å². The lowest BCUT2D eigenvalue weighted by molar-refractivity contribution is 0.865. The predicted octanol–water partition coefficient (Wildman–Crippen LogP) is 2.80. The number of thioether (sulfide) groups is 2. The van der Waals surface area contributed by atoms with Gasteiger partial charge in [0.25, 0.3) is 0 Å². The molecule has 0 heterocycles. The maximum atomic E-state index is 3.96. The van der Waals surface area contributed by atoms with Crippen LogP contribution in [0.2, 0.25) is 0 Å². The van der Waals surface area contributed by atoms with Crippen LogP contribution in [0, 0.1) is 0 Å². The molecule has 0 aliphatic heterocycles. The molecule has 0 aromatic rings. The van der Waals surface area contributed by atoms with Gasteiger partial charge < -0.3 is 0 Å². The number of rotatable bonds is 6. The third kappa shape index (κ3) is 6.91. The molecule has 0 spiro atoms. The van der Waals surface area contributed by atoms with Gasteiger partial charge in [-0.15, -0.1) is 0 Å². The van der Waals surface area contributed by atoms with Crippen molar-refractivity contribution in [3.8, 4) is 0 Å². The third-order valence-electron chi connectivity index (χ3n) is 1.01. The molecule has 4 heteroatoms. The lowest BCUT2D eigenvalue weighted by Crippen LogP contribution is -2.00. The molecule has 0 bridgehead atoms. The van der Waals surface area contributed by atoms with Crippen LogP contribution in [-0.4, -0.2) is 29.6 Å². The molecule has 60 valence electrons.